The second kappa shape index (κ2) is 5.50. The molecule has 0 aliphatic carbocycles. The maximum atomic E-state index is 9.24. The molecule has 2 atom stereocenters. The van der Waals surface area contributed by atoms with E-state index in [0.717, 1.165) is 5.75 Å². The molecular weight excluding hydrogens is 260 g/mol. The first-order valence-electron chi connectivity index (χ1n) is 6.61. The van der Waals surface area contributed by atoms with Gasteiger partial charge < -0.3 is 19.1 Å². The number of aliphatic hydroxyl groups is 1. The van der Waals surface area contributed by atoms with E-state index in [2.05, 4.69) is 10.1 Å². The fourth-order valence-electron chi connectivity index (χ4n) is 1.98. The molecule has 0 fully saturated rings. The molecule has 0 radical (unpaired) electrons. The van der Waals surface area contributed by atoms with E-state index in [1.54, 1.807) is 6.92 Å². The molecule has 20 heavy (non-hydrogen) atoms. The predicted molar refractivity (Wildman–Crippen MR) is 69.6 cm³/mol. The summed E-state index contributed by atoms with van der Waals surface area (Å²) < 4.78 is 16.6. The third-order valence-corrected chi connectivity index (χ3v) is 3.06. The Kier molecular flexibility index (Phi) is 3.56. The van der Waals surface area contributed by atoms with Crippen LogP contribution in [0.5, 0.6) is 11.5 Å². The molecule has 106 valence electrons. The Bertz CT molecular complexity index is 582. The van der Waals surface area contributed by atoms with E-state index in [4.69, 9.17) is 14.0 Å². The molecule has 1 aliphatic heterocycles. The standard InChI is InChI=1S/C14H16N2O4/c1-9(17)6-7-13-15-14(16-20-13)12-8-18-10-4-2-3-5-11(10)19-12/h2-5,9,12,17H,6-8H2,1H3. The molecule has 2 unspecified atom stereocenters. The normalized spacial score (nSPS) is 18.8. The first kappa shape index (κ1) is 12.9. The lowest BCUT2D eigenvalue weighted by molar-refractivity contribution is 0.0832. The summed E-state index contributed by atoms with van der Waals surface area (Å²) >= 11 is 0. The van der Waals surface area contributed by atoms with E-state index in [1.165, 1.54) is 0 Å². The summed E-state index contributed by atoms with van der Waals surface area (Å²) in [5.74, 6) is 2.38. The Labute approximate surface area is 116 Å². The molecule has 0 spiro atoms. The summed E-state index contributed by atoms with van der Waals surface area (Å²) in [5, 5.41) is 13.2. The van der Waals surface area contributed by atoms with Crippen LogP contribution >= 0.6 is 0 Å². The van der Waals surface area contributed by atoms with Crippen molar-refractivity contribution in [2.75, 3.05) is 6.61 Å². The van der Waals surface area contributed by atoms with Crippen LogP contribution in [-0.4, -0.2) is 28.0 Å². The van der Waals surface area contributed by atoms with E-state index < -0.39 is 0 Å². The maximum absolute atomic E-state index is 9.24. The number of benzene rings is 1. The van der Waals surface area contributed by atoms with Gasteiger partial charge in [-0.05, 0) is 25.5 Å². The molecule has 2 heterocycles. The van der Waals surface area contributed by atoms with Gasteiger partial charge in [-0.25, -0.2) is 0 Å². The van der Waals surface area contributed by atoms with Crippen molar-refractivity contribution >= 4 is 0 Å². The molecule has 0 bridgehead atoms. The summed E-state index contributed by atoms with van der Waals surface area (Å²) in [6.45, 7) is 2.08. The van der Waals surface area contributed by atoms with Gasteiger partial charge in [-0.1, -0.05) is 17.3 Å². The number of aliphatic hydroxyl groups excluding tert-OH is 1. The Balaban J connectivity index is 1.69. The van der Waals surface area contributed by atoms with Crippen molar-refractivity contribution in [3.63, 3.8) is 0 Å². The zero-order chi connectivity index (χ0) is 13.9. The number of hydrogen-bond donors (Lipinski definition) is 1. The van der Waals surface area contributed by atoms with Crippen molar-refractivity contribution in [2.24, 2.45) is 0 Å². The van der Waals surface area contributed by atoms with E-state index in [1.807, 2.05) is 24.3 Å². The van der Waals surface area contributed by atoms with Crippen LogP contribution in [-0.2, 0) is 6.42 Å². The zero-order valence-electron chi connectivity index (χ0n) is 11.2. The van der Waals surface area contributed by atoms with Crippen molar-refractivity contribution in [3.05, 3.63) is 36.0 Å². The highest BCUT2D eigenvalue weighted by molar-refractivity contribution is 5.40. The van der Waals surface area contributed by atoms with Gasteiger partial charge in [-0.2, -0.15) is 4.98 Å². The molecule has 1 N–H and O–H groups in total. The SMILES string of the molecule is CC(O)CCc1nc(C2COc3ccccc3O2)no1. The molecule has 0 saturated carbocycles. The minimum atomic E-state index is -0.383. The molecule has 0 amide bonds. The highest BCUT2D eigenvalue weighted by Crippen LogP contribution is 2.35. The summed E-state index contributed by atoms with van der Waals surface area (Å²) in [6.07, 6.45) is 0.391. The van der Waals surface area contributed by atoms with Gasteiger partial charge in [-0.3, -0.25) is 0 Å². The summed E-state index contributed by atoms with van der Waals surface area (Å²) in [7, 11) is 0. The third-order valence-electron chi connectivity index (χ3n) is 3.06. The van der Waals surface area contributed by atoms with Crippen molar-refractivity contribution in [2.45, 2.75) is 32.0 Å². The van der Waals surface area contributed by atoms with Gasteiger partial charge in [-0.15, -0.1) is 0 Å². The highest BCUT2D eigenvalue weighted by atomic mass is 16.6. The quantitative estimate of drug-likeness (QED) is 0.919. The molecule has 0 saturated heterocycles. The lowest BCUT2D eigenvalue weighted by atomic mass is 10.2. The van der Waals surface area contributed by atoms with Crippen LogP contribution in [0.2, 0.25) is 0 Å². The average molecular weight is 276 g/mol. The molecule has 2 aromatic rings. The third kappa shape index (κ3) is 2.75. The highest BCUT2D eigenvalue weighted by Gasteiger charge is 2.26. The first-order chi connectivity index (χ1) is 9.72. The molecular formula is C14H16N2O4. The Morgan fingerprint density at radius 1 is 1.35 bits per heavy atom. The van der Waals surface area contributed by atoms with Gasteiger partial charge in [0.25, 0.3) is 0 Å². The Morgan fingerprint density at radius 3 is 2.95 bits per heavy atom. The van der Waals surface area contributed by atoms with Gasteiger partial charge >= 0.3 is 0 Å². The summed E-state index contributed by atoms with van der Waals surface area (Å²) in [5.41, 5.74) is 0. The van der Waals surface area contributed by atoms with E-state index >= 15 is 0 Å². The van der Waals surface area contributed by atoms with Crippen LogP contribution in [0.1, 0.15) is 31.2 Å². The smallest absolute Gasteiger partial charge is 0.226 e. The van der Waals surface area contributed by atoms with Gasteiger partial charge in [0.15, 0.2) is 17.6 Å². The topological polar surface area (TPSA) is 77.6 Å². The first-order valence-corrected chi connectivity index (χ1v) is 6.61. The largest absolute Gasteiger partial charge is 0.485 e. The van der Waals surface area contributed by atoms with Crippen molar-refractivity contribution < 1.29 is 19.1 Å². The van der Waals surface area contributed by atoms with E-state index in [-0.39, 0.29) is 12.2 Å². The van der Waals surface area contributed by atoms with Gasteiger partial charge in [0, 0.05) is 6.42 Å². The van der Waals surface area contributed by atoms with Crippen molar-refractivity contribution in [1.29, 1.82) is 0 Å². The van der Waals surface area contributed by atoms with Crippen LogP contribution in [0.25, 0.3) is 0 Å². The number of hydrogen-bond acceptors (Lipinski definition) is 6. The van der Waals surface area contributed by atoms with Crippen molar-refractivity contribution in [1.82, 2.24) is 10.1 Å². The molecule has 1 aromatic heterocycles. The fourth-order valence-corrected chi connectivity index (χ4v) is 1.98. The number of nitrogens with zero attached hydrogens (tertiary/aromatic N) is 2. The summed E-state index contributed by atoms with van der Waals surface area (Å²) in [4.78, 5) is 4.28. The molecule has 1 aromatic carbocycles. The zero-order valence-corrected chi connectivity index (χ0v) is 11.2. The van der Waals surface area contributed by atoms with Gasteiger partial charge in [0.05, 0.1) is 6.10 Å². The van der Waals surface area contributed by atoms with Crippen LogP contribution in [0, 0.1) is 0 Å². The van der Waals surface area contributed by atoms with Crippen molar-refractivity contribution in [3.8, 4) is 11.5 Å². The number of rotatable bonds is 4. The lowest BCUT2D eigenvalue weighted by Crippen LogP contribution is -2.22. The molecule has 6 heteroatoms. The Morgan fingerprint density at radius 2 is 2.15 bits per heavy atom. The van der Waals surface area contributed by atoms with E-state index in [9.17, 15) is 5.11 Å². The average Bonchev–Trinajstić information content (AvgIpc) is 2.93. The maximum Gasteiger partial charge on any atom is 0.226 e. The number of aromatic nitrogens is 2. The summed E-state index contributed by atoms with van der Waals surface area (Å²) in [6, 6.07) is 7.48. The molecule has 6 nitrogen and oxygen atoms in total. The second-order valence-electron chi connectivity index (χ2n) is 4.80. The molecule has 1 aliphatic rings. The van der Waals surface area contributed by atoms with E-state index in [0.29, 0.717) is 36.9 Å². The minimum absolute atomic E-state index is 0.354. The minimum Gasteiger partial charge on any atom is -0.485 e. The lowest BCUT2D eigenvalue weighted by Gasteiger charge is -2.24. The van der Waals surface area contributed by atoms with Crippen LogP contribution in [0.4, 0.5) is 0 Å². The predicted octanol–water partition coefficient (Wildman–Crippen LogP) is 1.90. The Hall–Kier alpha value is -2.08. The number of ether oxygens (including phenoxy) is 2. The second-order valence-corrected chi connectivity index (χ2v) is 4.80. The van der Waals surface area contributed by atoms with Gasteiger partial charge in [0.2, 0.25) is 11.7 Å². The number of aryl methyl sites for hydroxylation is 1. The van der Waals surface area contributed by atoms with Crippen LogP contribution in [0.15, 0.2) is 28.8 Å². The molecule has 3 rings (SSSR count). The van der Waals surface area contributed by atoms with Gasteiger partial charge in [0.1, 0.15) is 6.61 Å². The monoisotopic (exact) mass is 276 g/mol. The van der Waals surface area contributed by atoms with Crippen LogP contribution < -0.4 is 9.47 Å². The van der Waals surface area contributed by atoms with Crippen LogP contribution in [0.3, 0.4) is 0 Å². The number of fused-ring (bicyclic) bond motifs is 1. The fraction of sp³-hybridized carbons (Fsp3) is 0.429. The number of para-hydroxylation sites is 2.